The SMILES string of the molecule is C[C@@H](NC(=O)OC(C)(C)C)C(=O)N1CCN(CCCOc2ccc(C#N)cc2)CC1. The molecule has 1 heterocycles. The van der Waals surface area contributed by atoms with Crippen LogP contribution < -0.4 is 10.1 Å². The third-order valence-corrected chi connectivity index (χ3v) is 4.66. The van der Waals surface area contributed by atoms with Crippen molar-refractivity contribution >= 4 is 12.0 Å². The van der Waals surface area contributed by atoms with Crippen molar-refractivity contribution in [3.8, 4) is 11.8 Å². The average molecular weight is 417 g/mol. The van der Waals surface area contributed by atoms with Crippen molar-refractivity contribution in [3.05, 3.63) is 29.8 Å². The Morgan fingerprint density at radius 2 is 1.80 bits per heavy atom. The Morgan fingerprint density at radius 3 is 2.37 bits per heavy atom. The second-order valence-corrected chi connectivity index (χ2v) is 8.37. The van der Waals surface area contributed by atoms with E-state index in [0.717, 1.165) is 31.8 Å². The molecule has 2 amide bonds. The van der Waals surface area contributed by atoms with E-state index in [1.54, 1.807) is 56.9 Å². The monoisotopic (exact) mass is 416 g/mol. The molecule has 1 N–H and O–H groups in total. The number of amides is 2. The first-order valence-electron chi connectivity index (χ1n) is 10.3. The highest BCUT2D eigenvalue weighted by Gasteiger charge is 2.27. The second kappa shape index (κ2) is 10.8. The van der Waals surface area contributed by atoms with Crippen molar-refractivity contribution in [1.82, 2.24) is 15.1 Å². The minimum atomic E-state index is -0.618. The Balaban J connectivity index is 1.64. The summed E-state index contributed by atoms with van der Waals surface area (Å²) in [6, 6.07) is 8.55. The number of nitriles is 1. The molecule has 8 heteroatoms. The van der Waals surface area contributed by atoms with Gasteiger partial charge < -0.3 is 19.7 Å². The van der Waals surface area contributed by atoms with Crippen molar-refractivity contribution in [1.29, 1.82) is 5.26 Å². The van der Waals surface area contributed by atoms with Crippen LogP contribution in [0.15, 0.2) is 24.3 Å². The van der Waals surface area contributed by atoms with Crippen LogP contribution in [0.25, 0.3) is 0 Å². The highest BCUT2D eigenvalue weighted by Crippen LogP contribution is 2.12. The van der Waals surface area contributed by atoms with E-state index in [0.29, 0.717) is 25.3 Å². The quantitative estimate of drug-likeness (QED) is 0.686. The molecular weight excluding hydrogens is 384 g/mol. The Bertz CT molecular complexity index is 744. The molecule has 8 nitrogen and oxygen atoms in total. The minimum Gasteiger partial charge on any atom is -0.494 e. The number of carbonyl (C=O) groups excluding carboxylic acids is 2. The molecule has 1 saturated heterocycles. The maximum Gasteiger partial charge on any atom is 0.408 e. The summed E-state index contributed by atoms with van der Waals surface area (Å²) in [6.45, 7) is 11.4. The van der Waals surface area contributed by atoms with E-state index < -0.39 is 17.7 Å². The van der Waals surface area contributed by atoms with Gasteiger partial charge in [0, 0.05) is 32.7 Å². The van der Waals surface area contributed by atoms with Crippen LogP contribution in [0.5, 0.6) is 5.75 Å². The van der Waals surface area contributed by atoms with Gasteiger partial charge in [0.25, 0.3) is 0 Å². The lowest BCUT2D eigenvalue weighted by Gasteiger charge is -2.36. The van der Waals surface area contributed by atoms with Gasteiger partial charge in [-0.1, -0.05) is 0 Å². The van der Waals surface area contributed by atoms with Crippen LogP contribution in [0, 0.1) is 11.3 Å². The number of nitrogens with one attached hydrogen (secondary N) is 1. The number of ether oxygens (including phenoxy) is 2. The zero-order chi connectivity index (χ0) is 22.1. The average Bonchev–Trinajstić information content (AvgIpc) is 2.70. The Morgan fingerprint density at radius 1 is 1.17 bits per heavy atom. The maximum atomic E-state index is 12.6. The van der Waals surface area contributed by atoms with Gasteiger partial charge in [0.1, 0.15) is 17.4 Å². The number of benzene rings is 1. The fraction of sp³-hybridized carbons (Fsp3) is 0.591. The highest BCUT2D eigenvalue weighted by atomic mass is 16.6. The zero-order valence-electron chi connectivity index (χ0n) is 18.3. The summed E-state index contributed by atoms with van der Waals surface area (Å²) in [6.07, 6.45) is 0.300. The van der Waals surface area contributed by atoms with E-state index in [9.17, 15) is 9.59 Å². The minimum absolute atomic E-state index is 0.0929. The predicted octanol–water partition coefficient (Wildman–Crippen LogP) is 2.38. The van der Waals surface area contributed by atoms with Gasteiger partial charge in [0.15, 0.2) is 0 Å². The molecule has 164 valence electrons. The maximum absolute atomic E-state index is 12.6. The van der Waals surface area contributed by atoms with Crippen LogP contribution in [0.1, 0.15) is 39.7 Å². The summed E-state index contributed by atoms with van der Waals surface area (Å²) in [4.78, 5) is 28.5. The number of nitrogens with zero attached hydrogens (tertiary/aromatic N) is 3. The van der Waals surface area contributed by atoms with Crippen LogP contribution in [0.3, 0.4) is 0 Å². The standard InChI is InChI=1S/C22H32N4O4/c1-17(24-21(28)30-22(2,3)4)20(27)26-13-11-25(12-14-26)10-5-15-29-19-8-6-18(16-23)7-9-19/h6-9,17H,5,10-15H2,1-4H3,(H,24,28)/t17-/m1/s1. The van der Waals surface area contributed by atoms with E-state index in [-0.39, 0.29) is 5.91 Å². The summed E-state index contributed by atoms with van der Waals surface area (Å²) in [7, 11) is 0. The fourth-order valence-electron chi connectivity index (χ4n) is 3.12. The van der Waals surface area contributed by atoms with Crippen LogP contribution >= 0.6 is 0 Å². The van der Waals surface area contributed by atoms with Gasteiger partial charge in [-0.25, -0.2) is 4.79 Å². The number of alkyl carbamates (subject to hydrolysis) is 1. The number of carbonyl (C=O) groups is 2. The van der Waals surface area contributed by atoms with Crippen molar-refractivity contribution in [2.75, 3.05) is 39.3 Å². The molecule has 1 atom stereocenters. The normalized spacial score (nSPS) is 15.8. The summed E-state index contributed by atoms with van der Waals surface area (Å²) < 4.78 is 10.9. The molecule has 0 bridgehead atoms. The largest absolute Gasteiger partial charge is 0.494 e. The van der Waals surface area contributed by atoms with Crippen molar-refractivity contribution < 1.29 is 19.1 Å². The lowest BCUT2D eigenvalue weighted by atomic mass is 10.2. The van der Waals surface area contributed by atoms with Gasteiger partial charge in [0.2, 0.25) is 5.91 Å². The second-order valence-electron chi connectivity index (χ2n) is 8.37. The molecule has 0 unspecified atom stereocenters. The summed E-state index contributed by atoms with van der Waals surface area (Å²) in [5, 5.41) is 11.4. The van der Waals surface area contributed by atoms with Gasteiger partial charge in [0.05, 0.1) is 18.2 Å². The first kappa shape index (κ1) is 23.5. The number of rotatable bonds is 7. The lowest BCUT2D eigenvalue weighted by Crippen LogP contribution is -2.54. The fourth-order valence-corrected chi connectivity index (χ4v) is 3.12. The van der Waals surface area contributed by atoms with Crippen molar-refractivity contribution in [2.24, 2.45) is 0 Å². The number of piperazine rings is 1. The van der Waals surface area contributed by atoms with Crippen LogP contribution in [-0.2, 0) is 9.53 Å². The first-order valence-corrected chi connectivity index (χ1v) is 10.3. The van der Waals surface area contributed by atoms with Crippen LogP contribution in [-0.4, -0.2) is 72.8 Å². The van der Waals surface area contributed by atoms with Crippen molar-refractivity contribution in [3.63, 3.8) is 0 Å². The highest BCUT2D eigenvalue weighted by molar-refractivity contribution is 5.85. The molecule has 1 aromatic rings. The Labute approximate surface area is 178 Å². The van der Waals surface area contributed by atoms with Gasteiger partial charge >= 0.3 is 6.09 Å². The van der Waals surface area contributed by atoms with Crippen molar-refractivity contribution in [2.45, 2.75) is 45.8 Å². The molecule has 1 aromatic carbocycles. The Hall–Kier alpha value is -2.79. The first-order chi connectivity index (χ1) is 14.2. The lowest BCUT2D eigenvalue weighted by molar-refractivity contribution is -0.134. The summed E-state index contributed by atoms with van der Waals surface area (Å²) in [5.74, 6) is 0.667. The summed E-state index contributed by atoms with van der Waals surface area (Å²) in [5.41, 5.74) is 0.0211. The molecular formula is C22H32N4O4. The van der Waals surface area contributed by atoms with Gasteiger partial charge in [-0.05, 0) is 58.4 Å². The third-order valence-electron chi connectivity index (χ3n) is 4.66. The smallest absolute Gasteiger partial charge is 0.408 e. The Kier molecular flexibility index (Phi) is 8.48. The zero-order valence-corrected chi connectivity index (χ0v) is 18.3. The van der Waals surface area contributed by atoms with Gasteiger partial charge in [-0.2, -0.15) is 5.26 Å². The van der Waals surface area contributed by atoms with Crippen LogP contribution in [0.4, 0.5) is 4.79 Å². The molecule has 0 spiro atoms. The topological polar surface area (TPSA) is 94.9 Å². The molecule has 2 rings (SSSR count). The van der Waals surface area contributed by atoms with E-state index in [4.69, 9.17) is 14.7 Å². The summed E-state index contributed by atoms with van der Waals surface area (Å²) >= 11 is 0. The molecule has 0 aliphatic carbocycles. The number of hydrogen-bond donors (Lipinski definition) is 1. The molecule has 1 aliphatic rings. The molecule has 0 saturated carbocycles. The van der Waals surface area contributed by atoms with E-state index in [1.165, 1.54) is 0 Å². The molecule has 0 radical (unpaired) electrons. The third kappa shape index (κ3) is 7.91. The number of hydrogen-bond acceptors (Lipinski definition) is 6. The van der Waals surface area contributed by atoms with E-state index in [1.807, 2.05) is 0 Å². The van der Waals surface area contributed by atoms with E-state index >= 15 is 0 Å². The molecule has 1 fully saturated rings. The molecule has 0 aromatic heterocycles. The molecule has 30 heavy (non-hydrogen) atoms. The van der Waals surface area contributed by atoms with Gasteiger partial charge in [-0.15, -0.1) is 0 Å². The predicted molar refractivity (Wildman–Crippen MR) is 113 cm³/mol. The van der Waals surface area contributed by atoms with Gasteiger partial charge in [-0.3, -0.25) is 9.69 Å². The van der Waals surface area contributed by atoms with E-state index in [2.05, 4.69) is 16.3 Å². The van der Waals surface area contributed by atoms with Crippen LogP contribution in [0.2, 0.25) is 0 Å². The molecule has 1 aliphatic heterocycles.